The van der Waals surface area contributed by atoms with Crippen molar-refractivity contribution in [1.29, 1.82) is 0 Å². The summed E-state index contributed by atoms with van der Waals surface area (Å²) >= 11 is 0. The van der Waals surface area contributed by atoms with Gasteiger partial charge in [-0.2, -0.15) is 4.98 Å². The van der Waals surface area contributed by atoms with Gasteiger partial charge in [0, 0.05) is 13.2 Å². The fourth-order valence-electron chi connectivity index (χ4n) is 2.90. The molecule has 1 heterocycles. The first-order valence-corrected chi connectivity index (χ1v) is 7.71. The third kappa shape index (κ3) is 3.38. The Morgan fingerprint density at radius 3 is 3.00 bits per heavy atom. The Labute approximate surface area is 121 Å². The van der Waals surface area contributed by atoms with Gasteiger partial charge in [0.2, 0.25) is 11.7 Å². The van der Waals surface area contributed by atoms with Crippen molar-refractivity contribution in [3.8, 4) is 0 Å². The average Bonchev–Trinajstić information content (AvgIpc) is 2.94. The van der Waals surface area contributed by atoms with Crippen LogP contribution in [0.1, 0.15) is 64.6 Å². The van der Waals surface area contributed by atoms with Crippen molar-refractivity contribution < 1.29 is 9.26 Å². The largest absolute Gasteiger partial charge is 0.370 e. The molecule has 0 saturated heterocycles. The quantitative estimate of drug-likeness (QED) is 0.868. The van der Waals surface area contributed by atoms with Gasteiger partial charge in [-0.1, -0.05) is 25.4 Å². The van der Waals surface area contributed by atoms with E-state index in [0.29, 0.717) is 30.2 Å². The summed E-state index contributed by atoms with van der Waals surface area (Å²) in [5, 5.41) is 7.54. The molecular formula is C15H27N3O2. The first-order chi connectivity index (χ1) is 9.59. The highest BCUT2D eigenvalue weighted by molar-refractivity contribution is 5.04. The molecule has 0 aliphatic heterocycles. The van der Waals surface area contributed by atoms with Gasteiger partial charge < -0.3 is 14.6 Å². The molecule has 3 unspecified atom stereocenters. The van der Waals surface area contributed by atoms with Crippen LogP contribution >= 0.6 is 0 Å². The van der Waals surface area contributed by atoms with Crippen molar-refractivity contribution in [2.24, 2.45) is 5.92 Å². The maximum atomic E-state index is 5.79. The smallest absolute Gasteiger partial charge is 0.240 e. The van der Waals surface area contributed by atoms with E-state index in [4.69, 9.17) is 9.26 Å². The van der Waals surface area contributed by atoms with Gasteiger partial charge in [-0.05, 0) is 38.5 Å². The molecule has 0 amide bonds. The molecule has 1 aromatic rings. The van der Waals surface area contributed by atoms with Gasteiger partial charge in [0.05, 0.1) is 6.54 Å². The topological polar surface area (TPSA) is 60.2 Å². The van der Waals surface area contributed by atoms with E-state index < -0.39 is 0 Å². The fraction of sp³-hybridized carbons (Fsp3) is 0.867. The zero-order chi connectivity index (χ0) is 14.6. The Kier molecular flexibility index (Phi) is 5.16. The summed E-state index contributed by atoms with van der Waals surface area (Å²) in [6.07, 6.45) is 5.45. The maximum absolute atomic E-state index is 5.79. The highest BCUT2D eigenvalue weighted by atomic mass is 16.5. The van der Waals surface area contributed by atoms with Crippen LogP contribution in [-0.2, 0) is 16.9 Å². The van der Waals surface area contributed by atoms with Crippen molar-refractivity contribution in [3.63, 3.8) is 0 Å². The third-order valence-electron chi connectivity index (χ3n) is 4.44. The first kappa shape index (κ1) is 15.4. The second-order valence-electron chi connectivity index (χ2n) is 6.10. The number of aromatic nitrogens is 2. The SMILES string of the molecule is CCC(C)NCc1nc(C2(OC)CCCC(C)C2)no1. The number of hydrogen-bond acceptors (Lipinski definition) is 5. The molecule has 1 N–H and O–H groups in total. The summed E-state index contributed by atoms with van der Waals surface area (Å²) in [6, 6.07) is 0.455. The minimum atomic E-state index is -0.351. The number of ether oxygens (including phenoxy) is 1. The highest BCUT2D eigenvalue weighted by Gasteiger charge is 2.40. The minimum Gasteiger partial charge on any atom is -0.370 e. The van der Waals surface area contributed by atoms with Crippen molar-refractivity contribution >= 4 is 0 Å². The molecule has 1 aromatic heterocycles. The molecule has 0 bridgehead atoms. The Morgan fingerprint density at radius 2 is 2.35 bits per heavy atom. The monoisotopic (exact) mass is 281 g/mol. The van der Waals surface area contributed by atoms with Gasteiger partial charge in [0.15, 0.2) is 0 Å². The van der Waals surface area contributed by atoms with E-state index in [9.17, 15) is 0 Å². The van der Waals surface area contributed by atoms with Crippen LogP contribution < -0.4 is 5.32 Å². The van der Waals surface area contributed by atoms with E-state index in [1.165, 1.54) is 6.42 Å². The second kappa shape index (κ2) is 6.68. The van der Waals surface area contributed by atoms with Crippen LogP contribution in [0.3, 0.4) is 0 Å². The molecule has 1 saturated carbocycles. The first-order valence-electron chi connectivity index (χ1n) is 7.71. The summed E-state index contributed by atoms with van der Waals surface area (Å²) < 4.78 is 11.2. The van der Waals surface area contributed by atoms with Crippen LogP contribution in [0.5, 0.6) is 0 Å². The van der Waals surface area contributed by atoms with Crippen molar-refractivity contribution in [2.45, 2.75) is 71.1 Å². The van der Waals surface area contributed by atoms with Crippen LogP contribution in [-0.4, -0.2) is 23.3 Å². The maximum Gasteiger partial charge on any atom is 0.240 e. The molecule has 2 rings (SSSR count). The Bertz CT molecular complexity index is 421. The van der Waals surface area contributed by atoms with Crippen LogP contribution in [0.25, 0.3) is 0 Å². The summed E-state index contributed by atoms with van der Waals surface area (Å²) in [6.45, 7) is 7.19. The van der Waals surface area contributed by atoms with E-state index >= 15 is 0 Å². The van der Waals surface area contributed by atoms with E-state index in [2.05, 4.69) is 36.2 Å². The number of methoxy groups -OCH3 is 1. The van der Waals surface area contributed by atoms with E-state index in [-0.39, 0.29) is 5.60 Å². The van der Waals surface area contributed by atoms with Crippen molar-refractivity contribution in [2.75, 3.05) is 7.11 Å². The zero-order valence-electron chi connectivity index (χ0n) is 13.1. The van der Waals surface area contributed by atoms with Crippen LogP contribution in [0, 0.1) is 5.92 Å². The predicted molar refractivity (Wildman–Crippen MR) is 77.2 cm³/mol. The lowest BCUT2D eigenvalue weighted by Gasteiger charge is -2.36. The lowest BCUT2D eigenvalue weighted by atomic mass is 9.78. The van der Waals surface area contributed by atoms with E-state index in [1.54, 1.807) is 7.11 Å². The van der Waals surface area contributed by atoms with Crippen molar-refractivity contribution in [3.05, 3.63) is 11.7 Å². The number of hydrogen-bond donors (Lipinski definition) is 1. The van der Waals surface area contributed by atoms with Gasteiger partial charge in [-0.25, -0.2) is 0 Å². The lowest BCUT2D eigenvalue weighted by Crippen LogP contribution is -2.35. The molecular weight excluding hydrogens is 254 g/mol. The lowest BCUT2D eigenvalue weighted by molar-refractivity contribution is -0.0658. The van der Waals surface area contributed by atoms with Crippen LogP contribution in [0.15, 0.2) is 4.52 Å². The molecule has 1 fully saturated rings. The molecule has 5 nitrogen and oxygen atoms in total. The van der Waals surface area contributed by atoms with Gasteiger partial charge >= 0.3 is 0 Å². The molecule has 0 radical (unpaired) electrons. The molecule has 0 spiro atoms. The standard InChI is InChI=1S/C15H27N3O2/c1-5-12(3)16-10-13-17-14(18-20-13)15(19-4)8-6-7-11(2)9-15/h11-12,16H,5-10H2,1-4H3. The molecule has 20 heavy (non-hydrogen) atoms. The number of nitrogens with zero attached hydrogens (tertiary/aromatic N) is 2. The number of nitrogens with one attached hydrogen (secondary N) is 1. The van der Waals surface area contributed by atoms with Crippen molar-refractivity contribution in [1.82, 2.24) is 15.5 Å². The third-order valence-corrected chi connectivity index (χ3v) is 4.44. The summed E-state index contributed by atoms with van der Waals surface area (Å²) in [5.41, 5.74) is -0.351. The van der Waals surface area contributed by atoms with Crippen LogP contribution in [0.2, 0.25) is 0 Å². The van der Waals surface area contributed by atoms with Gasteiger partial charge in [0.25, 0.3) is 0 Å². The Balaban J connectivity index is 2.06. The van der Waals surface area contributed by atoms with Gasteiger partial charge in [-0.15, -0.1) is 0 Å². The fourth-order valence-corrected chi connectivity index (χ4v) is 2.90. The normalized spacial score (nSPS) is 28.5. The average molecular weight is 281 g/mol. The van der Waals surface area contributed by atoms with E-state index in [1.807, 2.05) is 0 Å². The zero-order valence-corrected chi connectivity index (χ0v) is 13.1. The van der Waals surface area contributed by atoms with E-state index in [0.717, 1.165) is 25.7 Å². The minimum absolute atomic E-state index is 0.351. The molecule has 5 heteroatoms. The van der Waals surface area contributed by atoms with Crippen LogP contribution in [0.4, 0.5) is 0 Å². The highest BCUT2D eigenvalue weighted by Crippen LogP contribution is 2.41. The van der Waals surface area contributed by atoms with Gasteiger partial charge in [0.1, 0.15) is 5.60 Å². The molecule has 1 aliphatic carbocycles. The Hall–Kier alpha value is -0.940. The predicted octanol–water partition coefficient (Wildman–Crippen LogP) is 3.01. The molecule has 114 valence electrons. The summed E-state index contributed by atoms with van der Waals surface area (Å²) in [5.74, 6) is 2.01. The summed E-state index contributed by atoms with van der Waals surface area (Å²) in [7, 11) is 1.76. The molecule has 1 aliphatic rings. The van der Waals surface area contributed by atoms with Gasteiger partial charge in [-0.3, -0.25) is 0 Å². The Morgan fingerprint density at radius 1 is 1.55 bits per heavy atom. The molecule has 3 atom stereocenters. The second-order valence-corrected chi connectivity index (χ2v) is 6.10. The number of rotatable bonds is 6. The summed E-state index contributed by atoms with van der Waals surface area (Å²) in [4.78, 5) is 4.55. The molecule has 0 aromatic carbocycles.